The number of aromatic nitrogens is 3. The summed E-state index contributed by atoms with van der Waals surface area (Å²) < 4.78 is 10.7. The van der Waals surface area contributed by atoms with Gasteiger partial charge >= 0.3 is 0 Å². The third kappa shape index (κ3) is 3.06. The minimum atomic E-state index is 0.0617. The number of ether oxygens (including phenoxy) is 2. The number of hydrogen-bond acceptors (Lipinski definition) is 5. The van der Waals surface area contributed by atoms with Crippen molar-refractivity contribution in [2.24, 2.45) is 0 Å². The first-order valence-electron chi connectivity index (χ1n) is 7.16. The lowest BCUT2D eigenvalue weighted by atomic mass is 10.1. The lowest BCUT2D eigenvalue weighted by Gasteiger charge is -2.25. The van der Waals surface area contributed by atoms with Gasteiger partial charge in [0.25, 0.3) is 0 Å². The molecule has 6 heteroatoms. The molecule has 0 saturated carbocycles. The second kappa shape index (κ2) is 6.24. The molecule has 0 amide bonds. The van der Waals surface area contributed by atoms with Gasteiger partial charge in [-0.15, -0.1) is 5.10 Å². The third-order valence-corrected chi connectivity index (χ3v) is 3.75. The number of rotatable bonds is 4. The second-order valence-electron chi connectivity index (χ2n) is 5.09. The first-order valence-corrected chi connectivity index (χ1v) is 7.16. The van der Waals surface area contributed by atoms with Gasteiger partial charge in [0.05, 0.1) is 19.3 Å². The largest absolute Gasteiger partial charge is 0.378 e. The van der Waals surface area contributed by atoms with Crippen LogP contribution in [0.4, 0.5) is 5.95 Å². The van der Waals surface area contributed by atoms with E-state index in [1.165, 1.54) is 0 Å². The molecule has 1 aliphatic heterocycles. The highest BCUT2D eigenvalue weighted by Crippen LogP contribution is 2.23. The smallest absolute Gasteiger partial charge is 0.245 e. The standard InChI is InChI=1S/C15H20N4O2/c1-11(20-2)12-4-3-5-13(10-12)14-16-15(18-17-14)19-6-8-21-9-7-19/h3-5,10-11H,6-9H2,1-2H3,(H,16,17,18). The number of morpholine rings is 1. The Labute approximate surface area is 124 Å². The zero-order valence-electron chi connectivity index (χ0n) is 12.4. The van der Waals surface area contributed by atoms with E-state index in [1.807, 2.05) is 19.1 Å². The number of H-pyrrole nitrogens is 1. The van der Waals surface area contributed by atoms with Crippen LogP contribution in [0.3, 0.4) is 0 Å². The van der Waals surface area contributed by atoms with E-state index in [0.717, 1.165) is 49.2 Å². The fourth-order valence-corrected chi connectivity index (χ4v) is 2.36. The SMILES string of the molecule is COC(C)c1cccc(-c2nc(N3CCOCC3)n[nH]2)c1. The zero-order chi connectivity index (χ0) is 14.7. The average molecular weight is 288 g/mol. The summed E-state index contributed by atoms with van der Waals surface area (Å²) in [6, 6.07) is 8.17. The number of nitrogens with zero attached hydrogens (tertiary/aromatic N) is 3. The van der Waals surface area contributed by atoms with Crippen LogP contribution in [0.5, 0.6) is 0 Å². The van der Waals surface area contributed by atoms with Gasteiger partial charge in [0.2, 0.25) is 5.95 Å². The maximum atomic E-state index is 5.36. The summed E-state index contributed by atoms with van der Waals surface area (Å²) in [6.45, 7) is 5.14. The van der Waals surface area contributed by atoms with Crippen LogP contribution in [0.2, 0.25) is 0 Å². The Morgan fingerprint density at radius 1 is 1.33 bits per heavy atom. The van der Waals surface area contributed by atoms with Gasteiger partial charge in [-0.2, -0.15) is 4.98 Å². The predicted molar refractivity (Wildman–Crippen MR) is 80.3 cm³/mol. The van der Waals surface area contributed by atoms with E-state index in [1.54, 1.807) is 7.11 Å². The van der Waals surface area contributed by atoms with Crippen molar-refractivity contribution in [1.29, 1.82) is 0 Å². The van der Waals surface area contributed by atoms with E-state index in [2.05, 4.69) is 32.2 Å². The Balaban J connectivity index is 1.82. The van der Waals surface area contributed by atoms with E-state index in [-0.39, 0.29) is 6.10 Å². The maximum Gasteiger partial charge on any atom is 0.245 e. The van der Waals surface area contributed by atoms with Gasteiger partial charge in [0.15, 0.2) is 5.82 Å². The van der Waals surface area contributed by atoms with Crippen LogP contribution in [0.15, 0.2) is 24.3 Å². The highest BCUT2D eigenvalue weighted by Gasteiger charge is 2.16. The average Bonchev–Trinajstić information content (AvgIpc) is 3.05. The first kappa shape index (κ1) is 14.0. The fourth-order valence-electron chi connectivity index (χ4n) is 2.36. The van der Waals surface area contributed by atoms with Gasteiger partial charge < -0.3 is 14.4 Å². The normalized spacial score (nSPS) is 17.0. The number of benzene rings is 1. The molecule has 1 N–H and O–H groups in total. The molecule has 1 unspecified atom stereocenters. The number of anilines is 1. The summed E-state index contributed by atoms with van der Waals surface area (Å²) in [6.07, 6.45) is 0.0617. The molecule has 1 aromatic heterocycles. The molecule has 3 rings (SSSR count). The molecular formula is C15H20N4O2. The lowest BCUT2D eigenvalue weighted by Crippen LogP contribution is -2.36. The Bertz CT molecular complexity index is 593. The monoisotopic (exact) mass is 288 g/mol. The molecule has 0 aliphatic carbocycles. The van der Waals surface area contributed by atoms with Gasteiger partial charge in [-0.1, -0.05) is 18.2 Å². The van der Waals surface area contributed by atoms with Gasteiger partial charge in [-0.25, -0.2) is 0 Å². The van der Waals surface area contributed by atoms with Crippen LogP contribution in [-0.4, -0.2) is 48.6 Å². The topological polar surface area (TPSA) is 63.3 Å². The van der Waals surface area contributed by atoms with Gasteiger partial charge in [-0.05, 0) is 18.6 Å². The van der Waals surface area contributed by atoms with E-state index in [4.69, 9.17) is 9.47 Å². The molecule has 0 spiro atoms. The van der Waals surface area contributed by atoms with Gasteiger partial charge in [0.1, 0.15) is 0 Å². The van der Waals surface area contributed by atoms with Crippen molar-refractivity contribution in [1.82, 2.24) is 15.2 Å². The summed E-state index contributed by atoms with van der Waals surface area (Å²) in [4.78, 5) is 6.72. The second-order valence-corrected chi connectivity index (χ2v) is 5.09. The Kier molecular flexibility index (Phi) is 4.17. The number of aromatic amines is 1. The highest BCUT2D eigenvalue weighted by atomic mass is 16.5. The molecule has 0 bridgehead atoms. The van der Waals surface area contributed by atoms with E-state index in [9.17, 15) is 0 Å². The van der Waals surface area contributed by atoms with Crippen LogP contribution in [0, 0.1) is 0 Å². The molecule has 0 radical (unpaired) electrons. The molecule has 1 fully saturated rings. The quantitative estimate of drug-likeness (QED) is 0.932. The number of methoxy groups -OCH3 is 1. The molecule has 112 valence electrons. The Hall–Kier alpha value is -1.92. The van der Waals surface area contributed by atoms with Crippen LogP contribution in [-0.2, 0) is 9.47 Å². The van der Waals surface area contributed by atoms with Crippen LogP contribution < -0.4 is 4.90 Å². The fraction of sp³-hybridized carbons (Fsp3) is 0.467. The van der Waals surface area contributed by atoms with Crippen molar-refractivity contribution in [3.8, 4) is 11.4 Å². The van der Waals surface area contributed by atoms with Crippen molar-refractivity contribution in [2.45, 2.75) is 13.0 Å². The maximum absolute atomic E-state index is 5.36. The Morgan fingerprint density at radius 2 is 2.14 bits per heavy atom. The molecule has 2 aromatic rings. The minimum Gasteiger partial charge on any atom is -0.378 e. The number of hydrogen-bond donors (Lipinski definition) is 1. The van der Waals surface area contributed by atoms with E-state index >= 15 is 0 Å². The third-order valence-electron chi connectivity index (χ3n) is 3.75. The van der Waals surface area contributed by atoms with Crippen molar-refractivity contribution in [3.05, 3.63) is 29.8 Å². The molecule has 1 atom stereocenters. The van der Waals surface area contributed by atoms with Crippen molar-refractivity contribution < 1.29 is 9.47 Å². The first-order chi connectivity index (χ1) is 10.3. The van der Waals surface area contributed by atoms with Crippen molar-refractivity contribution in [2.75, 3.05) is 38.3 Å². The highest BCUT2D eigenvalue weighted by molar-refractivity contribution is 5.57. The molecule has 1 aliphatic rings. The lowest BCUT2D eigenvalue weighted by molar-refractivity contribution is 0.119. The van der Waals surface area contributed by atoms with E-state index < -0.39 is 0 Å². The van der Waals surface area contributed by atoms with Crippen LogP contribution >= 0.6 is 0 Å². The summed E-state index contributed by atoms with van der Waals surface area (Å²) in [5.41, 5.74) is 2.14. The molecule has 21 heavy (non-hydrogen) atoms. The van der Waals surface area contributed by atoms with Crippen molar-refractivity contribution in [3.63, 3.8) is 0 Å². The van der Waals surface area contributed by atoms with E-state index in [0.29, 0.717) is 0 Å². The Morgan fingerprint density at radius 3 is 2.90 bits per heavy atom. The number of nitrogens with one attached hydrogen (secondary N) is 1. The molecule has 2 heterocycles. The van der Waals surface area contributed by atoms with Crippen LogP contribution in [0.1, 0.15) is 18.6 Å². The van der Waals surface area contributed by atoms with Gasteiger partial charge in [0, 0.05) is 25.8 Å². The minimum absolute atomic E-state index is 0.0617. The zero-order valence-corrected chi connectivity index (χ0v) is 12.4. The van der Waals surface area contributed by atoms with Crippen LogP contribution in [0.25, 0.3) is 11.4 Å². The molecule has 6 nitrogen and oxygen atoms in total. The predicted octanol–water partition coefficient (Wildman–Crippen LogP) is 2.02. The molecular weight excluding hydrogens is 268 g/mol. The van der Waals surface area contributed by atoms with Crippen molar-refractivity contribution >= 4 is 5.95 Å². The summed E-state index contributed by atoms with van der Waals surface area (Å²) in [7, 11) is 1.71. The summed E-state index contributed by atoms with van der Waals surface area (Å²) in [5.74, 6) is 1.51. The summed E-state index contributed by atoms with van der Waals surface area (Å²) >= 11 is 0. The van der Waals surface area contributed by atoms with Gasteiger partial charge in [-0.3, -0.25) is 5.10 Å². The molecule has 1 saturated heterocycles. The summed E-state index contributed by atoms with van der Waals surface area (Å²) in [5, 5.41) is 7.33. The molecule has 1 aromatic carbocycles.